The number of fused-ring (bicyclic) bond motifs is 1. The number of thioether (sulfide) groups is 1. The van der Waals surface area contributed by atoms with Crippen molar-refractivity contribution in [2.24, 2.45) is 0 Å². The minimum atomic E-state index is 0.559. The molecule has 2 rings (SSSR count). The average Bonchev–Trinajstić information content (AvgIpc) is 2.47. The zero-order chi connectivity index (χ0) is 8.55. The van der Waals surface area contributed by atoms with Crippen LogP contribution in [0.5, 0.6) is 0 Å². The standard InChI is InChI=1S/C9H14N2S/c1-6(2)9-7-5-12-4-3-8(7)10-11-9/h6H,3-5H2,1-2H3,(H,10,11). The van der Waals surface area contributed by atoms with E-state index in [1.807, 2.05) is 11.8 Å². The Morgan fingerprint density at radius 2 is 2.33 bits per heavy atom. The third-order valence-electron chi connectivity index (χ3n) is 2.27. The van der Waals surface area contributed by atoms with Crippen molar-refractivity contribution in [2.75, 3.05) is 5.75 Å². The summed E-state index contributed by atoms with van der Waals surface area (Å²) in [7, 11) is 0. The smallest absolute Gasteiger partial charge is 0.0690 e. The molecule has 0 bridgehead atoms. The SMILES string of the molecule is CC(C)c1n[nH]c2c1CSCC2. The van der Waals surface area contributed by atoms with Gasteiger partial charge in [0.1, 0.15) is 0 Å². The maximum absolute atomic E-state index is 4.36. The van der Waals surface area contributed by atoms with Crippen LogP contribution in [0.4, 0.5) is 0 Å². The minimum Gasteiger partial charge on any atom is -0.282 e. The highest BCUT2D eigenvalue weighted by Gasteiger charge is 2.18. The lowest BCUT2D eigenvalue weighted by Gasteiger charge is -2.11. The predicted molar refractivity (Wildman–Crippen MR) is 52.5 cm³/mol. The van der Waals surface area contributed by atoms with E-state index in [1.54, 1.807) is 0 Å². The first-order valence-electron chi connectivity index (χ1n) is 4.43. The van der Waals surface area contributed by atoms with E-state index in [-0.39, 0.29) is 0 Å². The van der Waals surface area contributed by atoms with E-state index in [0.717, 1.165) is 5.75 Å². The van der Waals surface area contributed by atoms with Gasteiger partial charge in [-0.1, -0.05) is 13.8 Å². The Labute approximate surface area is 77.1 Å². The number of nitrogens with one attached hydrogen (secondary N) is 1. The lowest BCUT2D eigenvalue weighted by Crippen LogP contribution is -2.02. The Morgan fingerprint density at radius 3 is 3.08 bits per heavy atom. The number of hydrogen-bond donors (Lipinski definition) is 1. The first-order chi connectivity index (χ1) is 5.79. The van der Waals surface area contributed by atoms with Gasteiger partial charge in [-0.15, -0.1) is 0 Å². The van der Waals surface area contributed by atoms with Crippen molar-refractivity contribution in [3.8, 4) is 0 Å². The Bertz CT molecular complexity index is 278. The van der Waals surface area contributed by atoms with E-state index >= 15 is 0 Å². The fourth-order valence-electron chi connectivity index (χ4n) is 1.61. The van der Waals surface area contributed by atoms with Crippen molar-refractivity contribution in [3.63, 3.8) is 0 Å². The van der Waals surface area contributed by atoms with E-state index in [0.29, 0.717) is 5.92 Å². The summed E-state index contributed by atoms with van der Waals surface area (Å²) in [5.74, 6) is 2.95. The molecule has 1 aromatic rings. The summed E-state index contributed by atoms with van der Waals surface area (Å²) < 4.78 is 0. The highest BCUT2D eigenvalue weighted by Crippen LogP contribution is 2.28. The van der Waals surface area contributed by atoms with E-state index in [1.165, 1.54) is 29.1 Å². The van der Waals surface area contributed by atoms with Gasteiger partial charge in [-0.3, -0.25) is 5.10 Å². The molecule has 0 unspecified atom stereocenters. The Kier molecular flexibility index (Phi) is 2.13. The zero-order valence-electron chi connectivity index (χ0n) is 7.55. The highest BCUT2D eigenvalue weighted by molar-refractivity contribution is 7.98. The van der Waals surface area contributed by atoms with E-state index in [2.05, 4.69) is 24.0 Å². The van der Waals surface area contributed by atoms with Crippen molar-refractivity contribution in [3.05, 3.63) is 17.0 Å². The molecule has 1 aromatic heterocycles. The highest BCUT2D eigenvalue weighted by atomic mass is 32.2. The van der Waals surface area contributed by atoms with Crippen LogP contribution in [-0.2, 0) is 12.2 Å². The van der Waals surface area contributed by atoms with Gasteiger partial charge in [-0.25, -0.2) is 0 Å². The van der Waals surface area contributed by atoms with Crippen LogP contribution in [0.1, 0.15) is 36.7 Å². The molecule has 1 aliphatic rings. The molecule has 12 heavy (non-hydrogen) atoms. The van der Waals surface area contributed by atoms with Crippen molar-refractivity contribution in [1.82, 2.24) is 10.2 Å². The van der Waals surface area contributed by atoms with Crippen LogP contribution >= 0.6 is 11.8 Å². The maximum atomic E-state index is 4.36. The van der Waals surface area contributed by atoms with Crippen molar-refractivity contribution in [1.29, 1.82) is 0 Å². The predicted octanol–water partition coefficient (Wildman–Crippen LogP) is 2.32. The number of aromatic nitrogens is 2. The molecule has 0 saturated carbocycles. The summed E-state index contributed by atoms with van der Waals surface area (Å²) in [5.41, 5.74) is 4.12. The topological polar surface area (TPSA) is 28.7 Å². The fraction of sp³-hybridized carbons (Fsp3) is 0.667. The second-order valence-corrected chi connectivity index (χ2v) is 4.63. The summed E-state index contributed by atoms with van der Waals surface area (Å²) in [6.45, 7) is 4.41. The lowest BCUT2D eigenvalue weighted by molar-refractivity contribution is 0.803. The van der Waals surface area contributed by atoms with Gasteiger partial charge in [0, 0.05) is 17.0 Å². The molecule has 0 amide bonds. The maximum Gasteiger partial charge on any atom is 0.0690 e. The van der Waals surface area contributed by atoms with Gasteiger partial charge >= 0.3 is 0 Å². The van der Waals surface area contributed by atoms with Crippen molar-refractivity contribution >= 4 is 11.8 Å². The van der Waals surface area contributed by atoms with Crippen molar-refractivity contribution < 1.29 is 0 Å². The number of nitrogens with zero attached hydrogens (tertiary/aromatic N) is 1. The minimum absolute atomic E-state index is 0.559. The van der Waals surface area contributed by atoms with Crippen molar-refractivity contribution in [2.45, 2.75) is 31.9 Å². The fourth-order valence-corrected chi connectivity index (χ4v) is 2.63. The monoisotopic (exact) mass is 182 g/mol. The Hall–Kier alpha value is -0.440. The zero-order valence-corrected chi connectivity index (χ0v) is 8.37. The van der Waals surface area contributed by atoms with Crippen LogP contribution in [0.2, 0.25) is 0 Å². The number of aromatic amines is 1. The second-order valence-electron chi connectivity index (χ2n) is 3.52. The molecule has 0 atom stereocenters. The molecule has 3 heteroatoms. The third-order valence-corrected chi connectivity index (χ3v) is 3.26. The summed E-state index contributed by atoms with van der Waals surface area (Å²) in [4.78, 5) is 0. The normalized spacial score (nSPS) is 16.6. The quantitative estimate of drug-likeness (QED) is 0.722. The van der Waals surface area contributed by atoms with Crippen LogP contribution < -0.4 is 0 Å². The molecule has 2 nitrogen and oxygen atoms in total. The number of hydrogen-bond acceptors (Lipinski definition) is 2. The summed E-state index contributed by atoms with van der Waals surface area (Å²) >= 11 is 2.01. The van der Waals surface area contributed by atoms with Gasteiger partial charge < -0.3 is 0 Å². The molecule has 1 N–H and O–H groups in total. The Balaban J connectivity index is 2.38. The molecule has 2 heterocycles. The lowest BCUT2D eigenvalue weighted by atomic mass is 10.0. The van der Waals surface area contributed by atoms with Gasteiger partial charge in [-0.05, 0) is 18.1 Å². The largest absolute Gasteiger partial charge is 0.282 e. The number of H-pyrrole nitrogens is 1. The van der Waals surface area contributed by atoms with Crippen LogP contribution in [0.3, 0.4) is 0 Å². The van der Waals surface area contributed by atoms with Gasteiger partial charge in [0.25, 0.3) is 0 Å². The van der Waals surface area contributed by atoms with Crippen LogP contribution in [-0.4, -0.2) is 16.0 Å². The molecule has 0 saturated heterocycles. The van der Waals surface area contributed by atoms with Crippen LogP contribution in [0.15, 0.2) is 0 Å². The number of aryl methyl sites for hydroxylation is 1. The molecule has 0 spiro atoms. The van der Waals surface area contributed by atoms with Gasteiger partial charge in [0.2, 0.25) is 0 Å². The Morgan fingerprint density at radius 1 is 1.50 bits per heavy atom. The molecule has 0 aromatic carbocycles. The van der Waals surface area contributed by atoms with Gasteiger partial charge in [-0.2, -0.15) is 16.9 Å². The van der Waals surface area contributed by atoms with E-state index in [9.17, 15) is 0 Å². The van der Waals surface area contributed by atoms with Crippen LogP contribution in [0.25, 0.3) is 0 Å². The average molecular weight is 182 g/mol. The first kappa shape index (κ1) is 8.17. The molecule has 0 fully saturated rings. The van der Waals surface area contributed by atoms with Crippen LogP contribution in [0, 0.1) is 0 Å². The third kappa shape index (κ3) is 1.26. The van der Waals surface area contributed by atoms with E-state index in [4.69, 9.17) is 0 Å². The second kappa shape index (κ2) is 3.13. The summed E-state index contributed by atoms with van der Waals surface area (Å²) in [6.07, 6.45) is 1.17. The molecule has 0 aliphatic carbocycles. The first-order valence-corrected chi connectivity index (χ1v) is 5.58. The molecule has 1 aliphatic heterocycles. The number of rotatable bonds is 1. The molecular weight excluding hydrogens is 168 g/mol. The summed E-state index contributed by atoms with van der Waals surface area (Å²) in [5, 5.41) is 7.50. The molecular formula is C9H14N2S. The van der Waals surface area contributed by atoms with Gasteiger partial charge in [0.15, 0.2) is 0 Å². The molecule has 0 radical (unpaired) electrons. The summed E-state index contributed by atoms with van der Waals surface area (Å²) in [6, 6.07) is 0. The van der Waals surface area contributed by atoms with E-state index < -0.39 is 0 Å². The van der Waals surface area contributed by atoms with Gasteiger partial charge in [0.05, 0.1) is 5.69 Å². The molecule has 66 valence electrons.